The SMILES string of the molecule is COC(CN)C(=O)Nc1ccccc1SC(F)F.Cl. The van der Waals surface area contributed by atoms with Gasteiger partial charge in [0.1, 0.15) is 6.10 Å². The number of anilines is 1. The van der Waals surface area contributed by atoms with Crippen molar-refractivity contribution in [2.75, 3.05) is 19.0 Å². The molecule has 0 fully saturated rings. The van der Waals surface area contributed by atoms with E-state index in [-0.39, 0.29) is 19.0 Å². The third-order valence-electron chi connectivity index (χ3n) is 2.15. The topological polar surface area (TPSA) is 64.3 Å². The van der Waals surface area contributed by atoms with Gasteiger partial charge in [0, 0.05) is 18.6 Å². The average molecular weight is 313 g/mol. The Bertz CT molecular complexity index is 406. The van der Waals surface area contributed by atoms with Crippen LogP contribution in [0.3, 0.4) is 0 Å². The van der Waals surface area contributed by atoms with Crippen molar-refractivity contribution in [2.45, 2.75) is 16.8 Å². The van der Waals surface area contributed by atoms with Gasteiger partial charge in [-0.05, 0) is 12.1 Å². The molecule has 108 valence electrons. The molecule has 0 aliphatic rings. The van der Waals surface area contributed by atoms with E-state index < -0.39 is 17.8 Å². The number of benzene rings is 1. The van der Waals surface area contributed by atoms with Crippen LogP contribution in [0.15, 0.2) is 29.2 Å². The first kappa shape index (κ1) is 18.1. The minimum absolute atomic E-state index is 0. The summed E-state index contributed by atoms with van der Waals surface area (Å²) in [4.78, 5) is 12.0. The summed E-state index contributed by atoms with van der Waals surface area (Å²) in [5.41, 5.74) is 5.67. The first-order chi connectivity index (χ1) is 8.58. The van der Waals surface area contributed by atoms with Crippen molar-refractivity contribution in [3.8, 4) is 0 Å². The van der Waals surface area contributed by atoms with Gasteiger partial charge in [-0.15, -0.1) is 12.4 Å². The number of hydrogen-bond acceptors (Lipinski definition) is 4. The van der Waals surface area contributed by atoms with Crippen molar-refractivity contribution in [2.24, 2.45) is 5.73 Å². The van der Waals surface area contributed by atoms with Gasteiger partial charge in [0.25, 0.3) is 11.7 Å². The van der Waals surface area contributed by atoms with E-state index in [0.717, 1.165) is 0 Å². The zero-order valence-corrected chi connectivity index (χ0v) is 11.8. The van der Waals surface area contributed by atoms with Crippen LogP contribution in [0.2, 0.25) is 0 Å². The van der Waals surface area contributed by atoms with Gasteiger partial charge in [-0.1, -0.05) is 23.9 Å². The smallest absolute Gasteiger partial charge is 0.288 e. The molecular formula is C11H15ClF2N2O2S. The summed E-state index contributed by atoms with van der Waals surface area (Å²) in [6.07, 6.45) is -0.797. The molecule has 1 aromatic rings. The van der Waals surface area contributed by atoms with Gasteiger partial charge in [0.05, 0.1) is 5.69 Å². The highest BCUT2D eigenvalue weighted by Gasteiger charge is 2.18. The number of halogens is 3. The van der Waals surface area contributed by atoms with E-state index in [9.17, 15) is 13.6 Å². The first-order valence-corrected chi connectivity index (χ1v) is 6.04. The van der Waals surface area contributed by atoms with E-state index in [2.05, 4.69) is 5.32 Å². The van der Waals surface area contributed by atoms with Crippen LogP contribution in [0.25, 0.3) is 0 Å². The minimum Gasteiger partial charge on any atom is -0.370 e. The number of methoxy groups -OCH3 is 1. The van der Waals surface area contributed by atoms with E-state index in [1.807, 2.05) is 0 Å². The molecule has 1 rings (SSSR count). The Morgan fingerprint density at radius 2 is 2.11 bits per heavy atom. The molecule has 8 heteroatoms. The summed E-state index contributed by atoms with van der Waals surface area (Å²) in [5.74, 6) is -3.00. The highest BCUT2D eigenvalue weighted by atomic mass is 35.5. The quantitative estimate of drug-likeness (QED) is 0.791. The van der Waals surface area contributed by atoms with Crippen LogP contribution in [0.1, 0.15) is 0 Å². The normalized spacial score (nSPS) is 11.8. The molecule has 0 bridgehead atoms. The molecule has 19 heavy (non-hydrogen) atoms. The lowest BCUT2D eigenvalue weighted by atomic mass is 10.3. The molecule has 1 unspecified atom stereocenters. The van der Waals surface area contributed by atoms with Crippen LogP contribution >= 0.6 is 24.2 Å². The monoisotopic (exact) mass is 312 g/mol. The van der Waals surface area contributed by atoms with E-state index in [1.54, 1.807) is 18.2 Å². The number of nitrogens with one attached hydrogen (secondary N) is 1. The number of amides is 1. The van der Waals surface area contributed by atoms with Crippen molar-refractivity contribution in [3.63, 3.8) is 0 Å². The van der Waals surface area contributed by atoms with Crippen LogP contribution in [0.4, 0.5) is 14.5 Å². The lowest BCUT2D eigenvalue weighted by molar-refractivity contribution is -0.125. The molecule has 0 saturated heterocycles. The number of alkyl halides is 2. The Balaban J connectivity index is 0.00000324. The molecule has 0 aromatic heterocycles. The molecule has 1 atom stereocenters. The highest BCUT2D eigenvalue weighted by molar-refractivity contribution is 7.99. The molecule has 3 N–H and O–H groups in total. The van der Waals surface area contributed by atoms with Crippen molar-refractivity contribution < 1.29 is 18.3 Å². The first-order valence-electron chi connectivity index (χ1n) is 5.16. The summed E-state index contributed by atoms with van der Waals surface area (Å²) in [6, 6.07) is 6.33. The molecule has 0 spiro atoms. The average Bonchev–Trinajstić information content (AvgIpc) is 2.32. The van der Waals surface area contributed by atoms with E-state index in [4.69, 9.17) is 10.5 Å². The Labute approximate surface area is 120 Å². The summed E-state index contributed by atoms with van der Waals surface area (Å²) in [5, 5.41) is 2.52. The van der Waals surface area contributed by atoms with Gasteiger partial charge < -0.3 is 15.8 Å². The number of ether oxygens (including phenoxy) is 1. The summed E-state index contributed by atoms with van der Waals surface area (Å²) in [7, 11) is 1.36. The molecular weight excluding hydrogens is 298 g/mol. The number of nitrogens with two attached hydrogens (primary N) is 1. The Hall–Kier alpha value is -0.890. The Morgan fingerprint density at radius 3 is 2.63 bits per heavy atom. The van der Waals surface area contributed by atoms with Crippen LogP contribution in [-0.2, 0) is 9.53 Å². The van der Waals surface area contributed by atoms with Crippen LogP contribution in [0.5, 0.6) is 0 Å². The van der Waals surface area contributed by atoms with Crippen LogP contribution in [-0.4, -0.2) is 31.4 Å². The number of hydrogen-bond donors (Lipinski definition) is 2. The summed E-state index contributed by atoms with van der Waals surface area (Å²) in [6.45, 7) is 0.0203. The second kappa shape index (κ2) is 9.08. The third-order valence-corrected chi connectivity index (χ3v) is 2.94. The van der Waals surface area contributed by atoms with Gasteiger partial charge in [-0.25, -0.2) is 0 Å². The predicted octanol–water partition coefficient (Wildman–Crippen LogP) is 2.34. The van der Waals surface area contributed by atoms with E-state index >= 15 is 0 Å². The van der Waals surface area contributed by atoms with Gasteiger partial charge in [0.2, 0.25) is 0 Å². The van der Waals surface area contributed by atoms with Crippen molar-refractivity contribution in [3.05, 3.63) is 24.3 Å². The fourth-order valence-corrected chi connectivity index (χ4v) is 1.89. The van der Waals surface area contributed by atoms with Crippen molar-refractivity contribution in [1.82, 2.24) is 0 Å². The maximum atomic E-state index is 12.3. The zero-order valence-electron chi connectivity index (χ0n) is 10.1. The summed E-state index contributed by atoms with van der Waals surface area (Å²) >= 11 is 0.374. The number of carbonyl (C=O) groups is 1. The number of rotatable bonds is 6. The molecule has 1 aromatic carbocycles. The van der Waals surface area contributed by atoms with E-state index in [0.29, 0.717) is 22.3 Å². The zero-order chi connectivity index (χ0) is 13.5. The van der Waals surface area contributed by atoms with Gasteiger partial charge in [0.15, 0.2) is 0 Å². The fraction of sp³-hybridized carbons (Fsp3) is 0.364. The van der Waals surface area contributed by atoms with Crippen LogP contribution < -0.4 is 11.1 Å². The molecule has 0 aliphatic heterocycles. The molecule has 4 nitrogen and oxygen atoms in total. The molecule has 0 saturated carbocycles. The largest absolute Gasteiger partial charge is 0.370 e. The molecule has 0 heterocycles. The molecule has 0 aliphatic carbocycles. The lowest BCUT2D eigenvalue weighted by Crippen LogP contribution is -2.36. The lowest BCUT2D eigenvalue weighted by Gasteiger charge is -2.15. The Kier molecular flexibility index (Phi) is 8.66. The number of carbonyl (C=O) groups excluding carboxylic acids is 1. The highest BCUT2D eigenvalue weighted by Crippen LogP contribution is 2.31. The predicted molar refractivity (Wildman–Crippen MR) is 74.0 cm³/mol. The van der Waals surface area contributed by atoms with Gasteiger partial charge in [-0.2, -0.15) is 8.78 Å². The van der Waals surface area contributed by atoms with Gasteiger partial charge >= 0.3 is 0 Å². The summed E-state index contributed by atoms with van der Waals surface area (Å²) < 4.78 is 29.5. The van der Waals surface area contributed by atoms with E-state index in [1.165, 1.54) is 13.2 Å². The minimum atomic E-state index is -2.55. The molecule has 1 amide bonds. The standard InChI is InChI=1S/C11H14F2N2O2S.ClH/c1-17-8(6-14)10(16)15-7-4-2-3-5-9(7)18-11(12)13;/h2-5,8,11H,6,14H2,1H3,(H,15,16);1H. The number of thioether (sulfide) groups is 1. The third kappa shape index (κ3) is 5.73. The second-order valence-corrected chi connectivity index (χ2v) is 4.36. The molecule has 0 radical (unpaired) electrons. The maximum absolute atomic E-state index is 12.3. The fourth-order valence-electron chi connectivity index (χ4n) is 1.29. The van der Waals surface area contributed by atoms with Crippen molar-refractivity contribution in [1.29, 1.82) is 0 Å². The van der Waals surface area contributed by atoms with Crippen LogP contribution in [0, 0.1) is 0 Å². The second-order valence-electron chi connectivity index (χ2n) is 3.32. The van der Waals surface area contributed by atoms with Crippen molar-refractivity contribution >= 4 is 35.8 Å². The number of para-hydroxylation sites is 1. The maximum Gasteiger partial charge on any atom is 0.288 e. The van der Waals surface area contributed by atoms with Gasteiger partial charge in [-0.3, -0.25) is 4.79 Å². The Morgan fingerprint density at radius 1 is 1.47 bits per heavy atom.